The van der Waals surface area contributed by atoms with Crippen LogP contribution in [0.2, 0.25) is 5.02 Å². The van der Waals surface area contributed by atoms with E-state index in [4.69, 9.17) is 17.3 Å². The summed E-state index contributed by atoms with van der Waals surface area (Å²) in [5, 5.41) is 3.26. The first-order valence-electron chi connectivity index (χ1n) is 4.89. The van der Waals surface area contributed by atoms with Crippen LogP contribution in [0.4, 0.5) is 5.69 Å². The maximum absolute atomic E-state index is 11.8. The summed E-state index contributed by atoms with van der Waals surface area (Å²) < 4.78 is 0. The lowest BCUT2D eigenvalue weighted by Gasteiger charge is -2.13. The maximum Gasteiger partial charge on any atom is 0.253 e. The van der Waals surface area contributed by atoms with E-state index in [1.165, 1.54) is 0 Å². The minimum Gasteiger partial charge on any atom is -0.399 e. The van der Waals surface area contributed by atoms with E-state index in [1.54, 1.807) is 30.0 Å². The SMILES string of the molecule is CSCC(C)NC(=O)c1ccc(N)cc1Cl. The summed E-state index contributed by atoms with van der Waals surface area (Å²) in [4.78, 5) is 11.8. The second kappa shape index (κ2) is 6.01. The van der Waals surface area contributed by atoms with Crippen LogP contribution in [-0.4, -0.2) is 24.0 Å². The lowest BCUT2D eigenvalue weighted by atomic mass is 10.2. The van der Waals surface area contributed by atoms with Gasteiger partial charge in [-0.25, -0.2) is 0 Å². The zero-order valence-electron chi connectivity index (χ0n) is 9.29. The molecule has 0 aliphatic carbocycles. The molecule has 1 atom stereocenters. The third kappa shape index (κ3) is 3.61. The number of rotatable bonds is 4. The summed E-state index contributed by atoms with van der Waals surface area (Å²) in [5.41, 5.74) is 6.57. The Bertz CT molecular complexity index is 384. The Labute approximate surface area is 105 Å². The number of carbonyl (C=O) groups excluding carboxylic acids is 1. The number of nitrogens with one attached hydrogen (secondary N) is 1. The van der Waals surface area contributed by atoms with Crippen LogP contribution in [0.25, 0.3) is 0 Å². The Morgan fingerprint density at radius 2 is 2.31 bits per heavy atom. The number of hydrogen-bond donors (Lipinski definition) is 2. The van der Waals surface area contributed by atoms with Gasteiger partial charge in [0.05, 0.1) is 10.6 Å². The van der Waals surface area contributed by atoms with Crippen molar-refractivity contribution in [2.24, 2.45) is 0 Å². The standard InChI is InChI=1S/C11H15ClN2OS/c1-7(6-16-2)14-11(15)9-4-3-8(13)5-10(9)12/h3-5,7H,6,13H2,1-2H3,(H,14,15). The minimum atomic E-state index is -0.161. The molecule has 1 aromatic carbocycles. The highest BCUT2D eigenvalue weighted by atomic mass is 35.5. The molecule has 0 spiro atoms. The van der Waals surface area contributed by atoms with Crippen molar-refractivity contribution < 1.29 is 4.79 Å². The maximum atomic E-state index is 11.8. The van der Waals surface area contributed by atoms with Crippen LogP contribution >= 0.6 is 23.4 Å². The predicted molar refractivity (Wildman–Crippen MR) is 71.2 cm³/mol. The largest absolute Gasteiger partial charge is 0.399 e. The summed E-state index contributed by atoms with van der Waals surface area (Å²) in [6.07, 6.45) is 2.00. The topological polar surface area (TPSA) is 55.1 Å². The van der Waals surface area contributed by atoms with E-state index >= 15 is 0 Å². The van der Waals surface area contributed by atoms with E-state index in [0.717, 1.165) is 5.75 Å². The summed E-state index contributed by atoms with van der Waals surface area (Å²) in [5.74, 6) is 0.713. The molecule has 3 N–H and O–H groups in total. The van der Waals surface area contributed by atoms with Gasteiger partial charge in [-0.05, 0) is 31.4 Å². The fourth-order valence-corrected chi connectivity index (χ4v) is 2.17. The first-order chi connectivity index (χ1) is 7.54. The number of halogens is 1. The van der Waals surface area contributed by atoms with E-state index in [2.05, 4.69) is 5.32 Å². The van der Waals surface area contributed by atoms with Crippen molar-refractivity contribution in [3.8, 4) is 0 Å². The Kier molecular flexibility index (Phi) is 4.96. The lowest BCUT2D eigenvalue weighted by Crippen LogP contribution is -2.34. The first kappa shape index (κ1) is 13.2. The van der Waals surface area contributed by atoms with Crippen LogP contribution in [-0.2, 0) is 0 Å². The Morgan fingerprint density at radius 3 is 2.88 bits per heavy atom. The third-order valence-corrected chi connectivity index (χ3v) is 3.18. The molecule has 0 aromatic heterocycles. The van der Waals surface area contributed by atoms with Crippen LogP contribution in [0.5, 0.6) is 0 Å². The second-order valence-electron chi connectivity index (χ2n) is 3.57. The van der Waals surface area contributed by atoms with E-state index < -0.39 is 0 Å². The Balaban J connectivity index is 2.73. The molecule has 0 aliphatic rings. The van der Waals surface area contributed by atoms with Crippen molar-refractivity contribution in [1.82, 2.24) is 5.32 Å². The number of anilines is 1. The van der Waals surface area contributed by atoms with Gasteiger partial charge in [-0.2, -0.15) is 11.8 Å². The first-order valence-corrected chi connectivity index (χ1v) is 6.66. The fourth-order valence-electron chi connectivity index (χ4n) is 1.31. The van der Waals surface area contributed by atoms with Gasteiger partial charge in [0.2, 0.25) is 0 Å². The molecule has 5 heteroatoms. The molecule has 1 unspecified atom stereocenters. The number of amides is 1. The average Bonchev–Trinajstić information content (AvgIpc) is 2.17. The van der Waals surface area contributed by atoms with Crippen LogP contribution in [0.1, 0.15) is 17.3 Å². The molecular weight excluding hydrogens is 244 g/mol. The number of benzene rings is 1. The van der Waals surface area contributed by atoms with Crippen LogP contribution in [0.15, 0.2) is 18.2 Å². The molecule has 0 fully saturated rings. The second-order valence-corrected chi connectivity index (χ2v) is 4.89. The zero-order chi connectivity index (χ0) is 12.1. The van der Waals surface area contributed by atoms with Crippen molar-refractivity contribution in [2.75, 3.05) is 17.7 Å². The van der Waals surface area contributed by atoms with Gasteiger partial charge in [-0.15, -0.1) is 0 Å². The molecule has 88 valence electrons. The van der Waals surface area contributed by atoms with Gasteiger partial charge in [0.15, 0.2) is 0 Å². The van der Waals surface area contributed by atoms with E-state index in [1.807, 2.05) is 13.2 Å². The molecule has 0 heterocycles. The predicted octanol–water partition coefficient (Wildman–Crippen LogP) is 2.40. The van der Waals surface area contributed by atoms with Gasteiger partial charge in [0.1, 0.15) is 0 Å². The molecule has 0 saturated carbocycles. The van der Waals surface area contributed by atoms with Crippen molar-refractivity contribution in [1.29, 1.82) is 0 Å². The smallest absolute Gasteiger partial charge is 0.253 e. The molecule has 1 amide bonds. The highest BCUT2D eigenvalue weighted by Gasteiger charge is 2.12. The molecule has 0 bridgehead atoms. The van der Waals surface area contributed by atoms with Crippen molar-refractivity contribution in [2.45, 2.75) is 13.0 Å². The number of hydrogen-bond acceptors (Lipinski definition) is 3. The Hall–Kier alpha value is -0.870. The lowest BCUT2D eigenvalue weighted by molar-refractivity contribution is 0.0944. The van der Waals surface area contributed by atoms with Gasteiger partial charge < -0.3 is 11.1 Å². The zero-order valence-corrected chi connectivity index (χ0v) is 10.9. The van der Waals surface area contributed by atoms with Gasteiger partial charge in [-0.1, -0.05) is 11.6 Å². The fraction of sp³-hybridized carbons (Fsp3) is 0.364. The van der Waals surface area contributed by atoms with Gasteiger partial charge in [-0.3, -0.25) is 4.79 Å². The summed E-state index contributed by atoms with van der Waals surface area (Å²) in [6.45, 7) is 1.96. The van der Waals surface area contributed by atoms with Gasteiger partial charge in [0.25, 0.3) is 5.91 Å². The normalized spacial score (nSPS) is 12.2. The molecule has 0 aliphatic heterocycles. The number of nitrogen functional groups attached to an aromatic ring is 1. The molecular formula is C11H15ClN2OS. The minimum absolute atomic E-state index is 0.121. The van der Waals surface area contributed by atoms with Crippen molar-refractivity contribution in [3.63, 3.8) is 0 Å². The molecule has 0 radical (unpaired) electrons. The molecule has 16 heavy (non-hydrogen) atoms. The highest BCUT2D eigenvalue weighted by Crippen LogP contribution is 2.19. The van der Waals surface area contributed by atoms with Crippen LogP contribution in [0.3, 0.4) is 0 Å². The Morgan fingerprint density at radius 1 is 1.62 bits per heavy atom. The quantitative estimate of drug-likeness (QED) is 0.816. The van der Waals surface area contributed by atoms with Crippen molar-refractivity contribution in [3.05, 3.63) is 28.8 Å². The van der Waals surface area contributed by atoms with Gasteiger partial charge in [0, 0.05) is 17.5 Å². The number of thioether (sulfide) groups is 1. The molecule has 0 saturated heterocycles. The monoisotopic (exact) mass is 258 g/mol. The highest BCUT2D eigenvalue weighted by molar-refractivity contribution is 7.98. The summed E-state index contributed by atoms with van der Waals surface area (Å²) >= 11 is 7.62. The molecule has 3 nitrogen and oxygen atoms in total. The van der Waals surface area contributed by atoms with E-state index in [-0.39, 0.29) is 11.9 Å². The van der Waals surface area contributed by atoms with E-state index in [0.29, 0.717) is 16.3 Å². The third-order valence-electron chi connectivity index (χ3n) is 2.03. The van der Waals surface area contributed by atoms with Crippen molar-refractivity contribution >= 4 is 35.0 Å². The average molecular weight is 259 g/mol. The van der Waals surface area contributed by atoms with Crippen LogP contribution < -0.4 is 11.1 Å². The molecule has 1 aromatic rings. The number of carbonyl (C=O) groups is 1. The van der Waals surface area contributed by atoms with Gasteiger partial charge >= 0.3 is 0 Å². The summed E-state index contributed by atoms with van der Waals surface area (Å²) in [7, 11) is 0. The number of nitrogens with two attached hydrogens (primary N) is 1. The van der Waals surface area contributed by atoms with Crippen LogP contribution in [0, 0.1) is 0 Å². The van der Waals surface area contributed by atoms with E-state index in [9.17, 15) is 4.79 Å². The molecule has 1 rings (SSSR count). The summed E-state index contributed by atoms with van der Waals surface area (Å²) in [6, 6.07) is 5.00.